The Bertz CT molecular complexity index is 523. The molecule has 2 unspecified atom stereocenters. The smallest absolute Gasteiger partial charge is 0.0414 e. The molecule has 1 saturated heterocycles. The molecule has 112 valence electrons. The molecule has 1 aromatic heterocycles. The first-order chi connectivity index (χ1) is 10.3. The van der Waals surface area contributed by atoms with Crippen LogP contribution in [0.25, 0.3) is 0 Å². The zero-order valence-electron chi connectivity index (χ0n) is 12.7. The number of nitrogens with one attached hydrogen (secondary N) is 1. The third kappa shape index (κ3) is 3.94. The Kier molecular flexibility index (Phi) is 5.07. The highest BCUT2D eigenvalue weighted by Gasteiger charge is 2.24. The van der Waals surface area contributed by atoms with E-state index in [1.165, 1.54) is 23.4 Å². The van der Waals surface area contributed by atoms with Gasteiger partial charge in [-0.05, 0) is 29.9 Å². The van der Waals surface area contributed by atoms with Gasteiger partial charge in [0.2, 0.25) is 0 Å². The first-order valence-corrected chi connectivity index (χ1v) is 8.79. The van der Waals surface area contributed by atoms with Crippen LogP contribution in [-0.4, -0.2) is 24.0 Å². The minimum atomic E-state index is 0.520. The summed E-state index contributed by atoms with van der Waals surface area (Å²) in [4.78, 5) is 4.03. The van der Waals surface area contributed by atoms with Crippen molar-refractivity contribution in [2.45, 2.75) is 38.4 Å². The Morgan fingerprint density at radius 1 is 1.24 bits per heavy atom. The second-order valence-corrected chi connectivity index (χ2v) is 6.83. The molecule has 0 amide bonds. The first-order valence-electron chi connectivity index (χ1n) is 7.91. The predicted molar refractivity (Wildman–Crippen MR) is 90.6 cm³/mol. The minimum Gasteiger partial charge on any atom is -0.305 e. The molecule has 1 aromatic carbocycles. The molecular weight excluding hydrogens is 276 g/mol. The van der Waals surface area contributed by atoms with E-state index < -0.39 is 0 Å². The number of nitrogens with zero attached hydrogens (tertiary/aromatic N) is 1. The minimum absolute atomic E-state index is 0.520. The average Bonchev–Trinajstić information content (AvgIpc) is 3.17. The molecule has 1 aliphatic heterocycles. The van der Waals surface area contributed by atoms with Crippen LogP contribution in [-0.2, 0) is 6.54 Å². The zero-order valence-corrected chi connectivity index (χ0v) is 13.5. The Morgan fingerprint density at radius 3 is 2.81 bits per heavy atom. The SMILES string of the molecule is CCC(NC1CCN(Cc2ccccc2)C1)c1cccs1. The Balaban J connectivity index is 1.52. The fraction of sp³-hybridized carbons (Fsp3) is 0.444. The van der Waals surface area contributed by atoms with Gasteiger partial charge in [-0.15, -0.1) is 11.3 Å². The predicted octanol–water partition coefficient (Wildman–Crippen LogP) is 4.06. The second kappa shape index (κ2) is 7.21. The number of benzene rings is 1. The van der Waals surface area contributed by atoms with Crippen molar-refractivity contribution < 1.29 is 0 Å². The quantitative estimate of drug-likeness (QED) is 0.865. The van der Waals surface area contributed by atoms with E-state index in [-0.39, 0.29) is 0 Å². The van der Waals surface area contributed by atoms with Crippen LogP contribution in [0.1, 0.15) is 36.2 Å². The van der Waals surface area contributed by atoms with Crippen LogP contribution in [0.15, 0.2) is 47.8 Å². The lowest BCUT2D eigenvalue weighted by Gasteiger charge is -2.22. The van der Waals surface area contributed by atoms with Gasteiger partial charge in [0.25, 0.3) is 0 Å². The highest BCUT2D eigenvalue weighted by molar-refractivity contribution is 7.10. The zero-order chi connectivity index (χ0) is 14.5. The fourth-order valence-corrected chi connectivity index (χ4v) is 4.00. The molecule has 0 bridgehead atoms. The third-order valence-electron chi connectivity index (χ3n) is 4.25. The van der Waals surface area contributed by atoms with Gasteiger partial charge in [-0.1, -0.05) is 43.3 Å². The Labute approximate surface area is 131 Å². The molecule has 0 saturated carbocycles. The molecule has 0 radical (unpaired) electrons. The van der Waals surface area contributed by atoms with E-state index in [0.29, 0.717) is 12.1 Å². The lowest BCUT2D eigenvalue weighted by atomic mass is 10.1. The summed E-state index contributed by atoms with van der Waals surface area (Å²) in [5.74, 6) is 0. The number of rotatable bonds is 6. The highest BCUT2D eigenvalue weighted by Crippen LogP contribution is 2.24. The second-order valence-electron chi connectivity index (χ2n) is 5.85. The van der Waals surface area contributed by atoms with Gasteiger partial charge in [-0.2, -0.15) is 0 Å². The van der Waals surface area contributed by atoms with Gasteiger partial charge in [0.15, 0.2) is 0 Å². The summed E-state index contributed by atoms with van der Waals surface area (Å²) < 4.78 is 0. The lowest BCUT2D eigenvalue weighted by Crippen LogP contribution is -2.34. The van der Waals surface area contributed by atoms with Crippen LogP contribution in [0.3, 0.4) is 0 Å². The number of thiophene rings is 1. The topological polar surface area (TPSA) is 15.3 Å². The van der Waals surface area contributed by atoms with E-state index in [9.17, 15) is 0 Å². The number of likely N-dealkylation sites (tertiary alicyclic amines) is 1. The van der Waals surface area contributed by atoms with E-state index >= 15 is 0 Å². The van der Waals surface area contributed by atoms with E-state index in [2.05, 4.69) is 65.0 Å². The molecule has 2 atom stereocenters. The highest BCUT2D eigenvalue weighted by atomic mass is 32.1. The van der Waals surface area contributed by atoms with Crippen molar-refractivity contribution in [3.8, 4) is 0 Å². The number of hydrogen-bond donors (Lipinski definition) is 1. The summed E-state index contributed by atoms with van der Waals surface area (Å²) in [6.07, 6.45) is 2.42. The molecular formula is C18H24N2S. The van der Waals surface area contributed by atoms with Gasteiger partial charge in [0.05, 0.1) is 0 Å². The van der Waals surface area contributed by atoms with Crippen molar-refractivity contribution in [2.24, 2.45) is 0 Å². The molecule has 2 heterocycles. The third-order valence-corrected chi connectivity index (χ3v) is 5.24. The fourth-order valence-electron chi connectivity index (χ4n) is 3.13. The van der Waals surface area contributed by atoms with Crippen LogP contribution in [0.5, 0.6) is 0 Å². The van der Waals surface area contributed by atoms with Crippen LogP contribution in [0, 0.1) is 0 Å². The average molecular weight is 300 g/mol. The lowest BCUT2D eigenvalue weighted by molar-refractivity contribution is 0.314. The van der Waals surface area contributed by atoms with Crippen molar-refractivity contribution in [3.63, 3.8) is 0 Å². The van der Waals surface area contributed by atoms with E-state index in [0.717, 1.165) is 19.5 Å². The van der Waals surface area contributed by atoms with Crippen LogP contribution in [0.4, 0.5) is 0 Å². The van der Waals surface area contributed by atoms with Gasteiger partial charge < -0.3 is 5.32 Å². The van der Waals surface area contributed by atoms with Crippen LogP contribution < -0.4 is 5.32 Å². The molecule has 1 aliphatic rings. The maximum atomic E-state index is 3.85. The summed E-state index contributed by atoms with van der Waals surface area (Å²) in [7, 11) is 0. The van der Waals surface area contributed by atoms with Crippen molar-refractivity contribution in [2.75, 3.05) is 13.1 Å². The van der Waals surface area contributed by atoms with Crippen LogP contribution >= 0.6 is 11.3 Å². The normalized spacial score (nSPS) is 20.7. The number of hydrogen-bond acceptors (Lipinski definition) is 3. The summed E-state index contributed by atoms with van der Waals surface area (Å²) in [5.41, 5.74) is 1.42. The van der Waals surface area contributed by atoms with E-state index in [1.807, 2.05) is 11.3 Å². The molecule has 3 rings (SSSR count). The van der Waals surface area contributed by atoms with Gasteiger partial charge in [-0.25, -0.2) is 0 Å². The first kappa shape index (κ1) is 14.8. The standard InChI is InChI=1S/C18H24N2S/c1-2-17(18-9-6-12-21-18)19-16-10-11-20(14-16)13-15-7-4-3-5-8-15/h3-9,12,16-17,19H,2,10-11,13-14H2,1H3. The largest absolute Gasteiger partial charge is 0.305 e. The molecule has 0 aliphatic carbocycles. The summed E-state index contributed by atoms with van der Waals surface area (Å²) in [5, 5.41) is 6.03. The van der Waals surface area contributed by atoms with E-state index in [4.69, 9.17) is 0 Å². The molecule has 1 fully saturated rings. The van der Waals surface area contributed by atoms with Gasteiger partial charge >= 0.3 is 0 Å². The monoisotopic (exact) mass is 300 g/mol. The van der Waals surface area contributed by atoms with E-state index in [1.54, 1.807) is 0 Å². The van der Waals surface area contributed by atoms with Crippen molar-refractivity contribution in [1.82, 2.24) is 10.2 Å². The maximum absolute atomic E-state index is 3.85. The molecule has 2 nitrogen and oxygen atoms in total. The molecule has 1 N–H and O–H groups in total. The van der Waals surface area contributed by atoms with Crippen molar-refractivity contribution >= 4 is 11.3 Å². The van der Waals surface area contributed by atoms with Crippen LogP contribution in [0.2, 0.25) is 0 Å². The summed E-state index contributed by atoms with van der Waals surface area (Å²) in [6.45, 7) is 5.72. The Morgan fingerprint density at radius 2 is 2.10 bits per heavy atom. The van der Waals surface area contributed by atoms with Crippen molar-refractivity contribution in [3.05, 3.63) is 58.3 Å². The van der Waals surface area contributed by atoms with Crippen molar-refractivity contribution in [1.29, 1.82) is 0 Å². The molecule has 21 heavy (non-hydrogen) atoms. The summed E-state index contributed by atoms with van der Waals surface area (Å²) >= 11 is 1.87. The van der Waals surface area contributed by atoms with Gasteiger partial charge in [-0.3, -0.25) is 4.90 Å². The maximum Gasteiger partial charge on any atom is 0.0414 e. The molecule has 3 heteroatoms. The molecule has 0 spiro atoms. The molecule has 2 aromatic rings. The van der Waals surface area contributed by atoms with Gasteiger partial charge in [0.1, 0.15) is 0 Å². The summed E-state index contributed by atoms with van der Waals surface area (Å²) in [6, 6.07) is 16.3. The Hall–Kier alpha value is -1.16. The van der Waals surface area contributed by atoms with Gasteiger partial charge in [0, 0.05) is 36.6 Å².